The van der Waals surface area contributed by atoms with Gasteiger partial charge >= 0.3 is 0 Å². The fourth-order valence-corrected chi connectivity index (χ4v) is 4.10. The van der Waals surface area contributed by atoms with Crippen molar-refractivity contribution in [2.24, 2.45) is 0 Å². The molecule has 0 saturated carbocycles. The Morgan fingerprint density at radius 3 is 2.00 bits per heavy atom. The van der Waals surface area contributed by atoms with Gasteiger partial charge in [0.1, 0.15) is 17.0 Å². The summed E-state index contributed by atoms with van der Waals surface area (Å²) >= 11 is 0. The summed E-state index contributed by atoms with van der Waals surface area (Å²) in [6.45, 7) is 6.43. The fourth-order valence-electron chi connectivity index (χ4n) is 4.10. The molecule has 3 heteroatoms. The van der Waals surface area contributed by atoms with Crippen LogP contribution < -0.4 is 4.90 Å². The van der Waals surface area contributed by atoms with Crippen molar-refractivity contribution in [1.29, 1.82) is 0 Å². The van der Waals surface area contributed by atoms with E-state index in [0.29, 0.717) is 0 Å². The van der Waals surface area contributed by atoms with Crippen molar-refractivity contribution < 1.29 is 8.81 Å². The molecule has 1 aromatic heterocycles. The molecule has 5 aromatic rings. The minimum Gasteiger partial charge on any atom is -0.456 e. The molecule has 0 fully saturated rings. The lowest BCUT2D eigenvalue weighted by Crippen LogP contribution is -2.37. The highest BCUT2D eigenvalue weighted by Gasteiger charge is 2.24. The molecule has 0 amide bonds. The van der Waals surface area contributed by atoms with Crippen LogP contribution in [0, 0.1) is 5.82 Å². The van der Waals surface area contributed by atoms with Crippen LogP contribution in [0.15, 0.2) is 83.3 Å². The van der Waals surface area contributed by atoms with Gasteiger partial charge in [0.15, 0.2) is 0 Å². The average molecular weight is 383 g/mol. The second-order valence-corrected chi connectivity index (χ2v) is 8.46. The molecule has 2 nitrogen and oxygen atoms in total. The van der Waals surface area contributed by atoms with E-state index in [1.165, 1.54) is 22.9 Å². The molecule has 0 bridgehead atoms. The Bertz CT molecular complexity index is 1340. The fraction of sp³-hybridized carbons (Fsp3) is 0.154. The molecule has 4 aromatic carbocycles. The highest BCUT2D eigenvalue weighted by molar-refractivity contribution is 6.10. The first kappa shape index (κ1) is 17.7. The maximum absolute atomic E-state index is 13.5. The molecule has 29 heavy (non-hydrogen) atoms. The summed E-state index contributed by atoms with van der Waals surface area (Å²) in [6, 6.07) is 25.6. The Hall–Kier alpha value is -3.33. The highest BCUT2D eigenvalue weighted by Crippen LogP contribution is 2.38. The summed E-state index contributed by atoms with van der Waals surface area (Å²) < 4.78 is 19.7. The van der Waals surface area contributed by atoms with Gasteiger partial charge in [-0.2, -0.15) is 0 Å². The van der Waals surface area contributed by atoms with E-state index in [1.807, 2.05) is 18.2 Å². The van der Waals surface area contributed by atoms with E-state index in [-0.39, 0.29) is 11.4 Å². The second kappa shape index (κ2) is 6.35. The zero-order chi connectivity index (χ0) is 20.2. The smallest absolute Gasteiger partial charge is 0.137 e. The lowest BCUT2D eigenvalue weighted by atomic mass is 10.0. The molecule has 0 atom stereocenters. The molecule has 0 radical (unpaired) electrons. The van der Waals surface area contributed by atoms with E-state index >= 15 is 0 Å². The van der Waals surface area contributed by atoms with Crippen molar-refractivity contribution in [3.8, 4) is 0 Å². The van der Waals surface area contributed by atoms with Crippen molar-refractivity contribution in [2.45, 2.75) is 26.3 Å². The summed E-state index contributed by atoms with van der Waals surface area (Å²) in [7, 11) is 0. The van der Waals surface area contributed by atoms with Gasteiger partial charge < -0.3 is 9.32 Å². The maximum Gasteiger partial charge on any atom is 0.137 e. The molecule has 0 N–H and O–H groups in total. The lowest BCUT2D eigenvalue weighted by molar-refractivity contribution is 0.559. The number of nitrogens with zero attached hydrogens (tertiary/aromatic N) is 1. The van der Waals surface area contributed by atoms with Crippen LogP contribution >= 0.6 is 0 Å². The number of fused-ring (bicyclic) bond motifs is 4. The predicted molar refractivity (Wildman–Crippen MR) is 120 cm³/mol. The van der Waals surface area contributed by atoms with Crippen molar-refractivity contribution in [1.82, 2.24) is 0 Å². The first-order valence-electron chi connectivity index (χ1n) is 9.81. The van der Waals surface area contributed by atoms with Crippen LogP contribution in [0.4, 0.5) is 15.8 Å². The van der Waals surface area contributed by atoms with Crippen molar-refractivity contribution >= 4 is 44.1 Å². The van der Waals surface area contributed by atoms with Crippen molar-refractivity contribution in [3.63, 3.8) is 0 Å². The molecular weight excluding hydrogens is 361 g/mol. The minimum atomic E-state index is -0.234. The normalized spacial score (nSPS) is 12.1. The summed E-state index contributed by atoms with van der Waals surface area (Å²) in [5, 5.41) is 4.59. The summed E-state index contributed by atoms with van der Waals surface area (Å²) in [5.74, 6) is -0.234. The van der Waals surface area contributed by atoms with Gasteiger partial charge in [0.05, 0.1) is 0 Å². The predicted octanol–water partition coefficient (Wildman–Crippen LogP) is 7.81. The SMILES string of the molecule is CC(C)(C)N(c1ccc(F)cc1)c1ccc2c(c1)oc1cc3ccccc3cc12. The molecule has 144 valence electrons. The van der Waals surface area contributed by atoms with Crippen molar-refractivity contribution in [2.75, 3.05) is 4.90 Å². The average Bonchev–Trinajstić information content (AvgIpc) is 3.03. The Balaban J connectivity index is 1.70. The largest absolute Gasteiger partial charge is 0.456 e. The molecular formula is C26H22FNO. The Morgan fingerprint density at radius 1 is 0.690 bits per heavy atom. The molecule has 0 aliphatic carbocycles. The van der Waals surface area contributed by atoms with Crippen LogP contribution in [-0.2, 0) is 0 Å². The molecule has 1 heterocycles. The second-order valence-electron chi connectivity index (χ2n) is 8.46. The summed E-state index contributed by atoms with van der Waals surface area (Å²) in [5.41, 5.74) is 3.51. The van der Waals surface area contributed by atoms with Gasteiger partial charge in [-0.15, -0.1) is 0 Å². The Morgan fingerprint density at radius 2 is 1.31 bits per heavy atom. The van der Waals surface area contributed by atoms with Crippen LogP contribution in [0.3, 0.4) is 0 Å². The van der Waals surface area contributed by atoms with E-state index in [2.05, 4.69) is 74.2 Å². The monoisotopic (exact) mass is 383 g/mol. The Kier molecular flexibility index (Phi) is 3.88. The van der Waals surface area contributed by atoms with E-state index < -0.39 is 0 Å². The molecule has 0 aliphatic heterocycles. The van der Waals surface area contributed by atoms with E-state index in [9.17, 15) is 4.39 Å². The van der Waals surface area contributed by atoms with Crippen LogP contribution in [0.1, 0.15) is 20.8 Å². The van der Waals surface area contributed by atoms with Gasteiger partial charge in [-0.1, -0.05) is 24.3 Å². The molecule has 0 saturated heterocycles. The quantitative estimate of drug-likeness (QED) is 0.309. The number of hydrogen-bond donors (Lipinski definition) is 0. The number of halogens is 1. The van der Waals surface area contributed by atoms with Gasteiger partial charge in [0.2, 0.25) is 0 Å². The van der Waals surface area contributed by atoms with E-state index in [0.717, 1.165) is 33.3 Å². The molecule has 0 spiro atoms. The Labute approximate surface area is 169 Å². The third-order valence-electron chi connectivity index (χ3n) is 5.34. The maximum atomic E-state index is 13.5. The summed E-state index contributed by atoms with van der Waals surface area (Å²) in [4.78, 5) is 2.20. The summed E-state index contributed by atoms with van der Waals surface area (Å²) in [6.07, 6.45) is 0. The number of hydrogen-bond acceptors (Lipinski definition) is 2. The zero-order valence-corrected chi connectivity index (χ0v) is 16.7. The standard InChI is InChI=1S/C26H22FNO/c1-26(2,3)28(20-10-8-19(27)9-11-20)21-12-13-22-23-14-17-6-4-5-7-18(17)15-24(23)29-25(22)16-21/h4-16H,1-3H3. The van der Waals surface area contributed by atoms with Crippen LogP contribution in [0.25, 0.3) is 32.7 Å². The molecule has 0 unspecified atom stereocenters. The van der Waals surface area contributed by atoms with Gasteiger partial charge in [0.25, 0.3) is 0 Å². The molecule has 0 aliphatic rings. The zero-order valence-electron chi connectivity index (χ0n) is 16.7. The highest BCUT2D eigenvalue weighted by atomic mass is 19.1. The first-order chi connectivity index (χ1) is 13.9. The molecule has 5 rings (SSSR count). The van der Waals surface area contributed by atoms with E-state index in [1.54, 1.807) is 0 Å². The minimum absolute atomic E-state index is 0.188. The number of rotatable bonds is 2. The lowest BCUT2D eigenvalue weighted by Gasteiger charge is -2.37. The number of furan rings is 1. The van der Waals surface area contributed by atoms with Crippen molar-refractivity contribution in [3.05, 3.63) is 84.7 Å². The number of anilines is 2. The third kappa shape index (κ3) is 3.03. The van der Waals surface area contributed by atoms with Gasteiger partial charge in [-0.3, -0.25) is 0 Å². The third-order valence-corrected chi connectivity index (χ3v) is 5.34. The van der Waals surface area contributed by atoms with Gasteiger partial charge in [-0.05, 0) is 80.1 Å². The van der Waals surface area contributed by atoms with Crippen LogP contribution in [0.2, 0.25) is 0 Å². The van der Waals surface area contributed by atoms with Crippen LogP contribution in [0.5, 0.6) is 0 Å². The van der Waals surface area contributed by atoms with Gasteiger partial charge in [-0.25, -0.2) is 4.39 Å². The number of benzene rings is 4. The first-order valence-corrected chi connectivity index (χ1v) is 9.81. The van der Waals surface area contributed by atoms with Crippen LogP contribution in [-0.4, -0.2) is 5.54 Å². The van der Waals surface area contributed by atoms with Gasteiger partial charge in [0, 0.05) is 33.8 Å². The topological polar surface area (TPSA) is 16.4 Å². The van der Waals surface area contributed by atoms with E-state index in [4.69, 9.17) is 4.42 Å².